The highest BCUT2D eigenvalue weighted by Crippen LogP contribution is 2.55. The predicted octanol–water partition coefficient (Wildman–Crippen LogP) is 1.16. The quantitative estimate of drug-likeness (QED) is 0.471. The van der Waals surface area contributed by atoms with Crippen LogP contribution in [0.25, 0.3) is 0 Å². The maximum atomic E-state index is 11.3. The maximum Gasteiger partial charge on any atom is 0.319 e. The summed E-state index contributed by atoms with van der Waals surface area (Å²) in [5.41, 5.74) is -0.774. The van der Waals surface area contributed by atoms with Crippen molar-refractivity contribution >= 4 is 11.8 Å². The molecule has 0 aromatic heterocycles. The summed E-state index contributed by atoms with van der Waals surface area (Å²) in [6.45, 7) is 3.45. The van der Waals surface area contributed by atoms with E-state index in [4.69, 9.17) is 0 Å². The van der Waals surface area contributed by atoms with E-state index in [1.807, 2.05) is 6.92 Å². The summed E-state index contributed by atoms with van der Waals surface area (Å²) in [5.74, 6) is -0.203. The van der Waals surface area contributed by atoms with Crippen molar-refractivity contribution in [3.8, 4) is 0 Å². The topological polar surface area (TPSA) is 43.4 Å². The molecule has 68 valence electrons. The molecule has 1 aliphatic rings. The van der Waals surface area contributed by atoms with Gasteiger partial charge in [0.1, 0.15) is 11.2 Å². The van der Waals surface area contributed by atoms with Gasteiger partial charge < -0.3 is 4.74 Å². The SMILES string of the molecule is CCC1CC1(C(C)=O)C(=O)OC. The molecule has 1 rings (SSSR count). The average molecular weight is 170 g/mol. The zero-order valence-corrected chi connectivity index (χ0v) is 7.72. The first-order chi connectivity index (χ1) is 5.59. The fourth-order valence-corrected chi connectivity index (χ4v) is 1.83. The average Bonchev–Trinajstić information content (AvgIpc) is 2.78. The second-order valence-corrected chi connectivity index (χ2v) is 3.33. The van der Waals surface area contributed by atoms with Crippen molar-refractivity contribution in [1.82, 2.24) is 0 Å². The van der Waals surface area contributed by atoms with Crippen LogP contribution in [0.1, 0.15) is 26.7 Å². The number of carbonyl (C=O) groups is 2. The van der Waals surface area contributed by atoms with Gasteiger partial charge in [-0.1, -0.05) is 13.3 Å². The third kappa shape index (κ3) is 1.04. The van der Waals surface area contributed by atoms with Crippen molar-refractivity contribution in [2.75, 3.05) is 7.11 Å². The van der Waals surface area contributed by atoms with Crippen molar-refractivity contribution in [2.24, 2.45) is 11.3 Å². The van der Waals surface area contributed by atoms with Gasteiger partial charge in [-0.2, -0.15) is 0 Å². The molecule has 1 aliphatic carbocycles. The number of esters is 1. The van der Waals surface area contributed by atoms with Crippen LogP contribution in [0.2, 0.25) is 0 Å². The van der Waals surface area contributed by atoms with Gasteiger partial charge in [-0.15, -0.1) is 0 Å². The molecule has 2 atom stereocenters. The van der Waals surface area contributed by atoms with Crippen LogP contribution in [0.3, 0.4) is 0 Å². The predicted molar refractivity (Wildman–Crippen MR) is 43.5 cm³/mol. The highest BCUT2D eigenvalue weighted by atomic mass is 16.5. The number of Topliss-reactive ketones (excluding diaryl/α,β-unsaturated/α-hetero) is 1. The van der Waals surface area contributed by atoms with Gasteiger partial charge in [0.05, 0.1) is 7.11 Å². The Morgan fingerprint density at radius 3 is 2.42 bits per heavy atom. The Hall–Kier alpha value is -0.860. The first kappa shape index (κ1) is 9.23. The minimum absolute atomic E-state index is 0.0544. The highest BCUT2D eigenvalue weighted by Gasteiger charge is 2.63. The zero-order valence-electron chi connectivity index (χ0n) is 7.72. The van der Waals surface area contributed by atoms with E-state index in [9.17, 15) is 9.59 Å². The van der Waals surface area contributed by atoms with Crippen LogP contribution >= 0.6 is 0 Å². The fourth-order valence-electron chi connectivity index (χ4n) is 1.83. The normalized spacial score (nSPS) is 32.8. The molecule has 0 saturated heterocycles. The van der Waals surface area contributed by atoms with Gasteiger partial charge in [0, 0.05) is 0 Å². The molecular weight excluding hydrogens is 156 g/mol. The Balaban J connectivity index is 2.78. The molecule has 0 aliphatic heterocycles. The molecule has 12 heavy (non-hydrogen) atoms. The lowest BCUT2D eigenvalue weighted by molar-refractivity contribution is -0.151. The number of hydrogen-bond acceptors (Lipinski definition) is 3. The summed E-state index contributed by atoms with van der Waals surface area (Å²) < 4.78 is 4.61. The second-order valence-electron chi connectivity index (χ2n) is 3.33. The Labute approximate surface area is 72.1 Å². The van der Waals surface area contributed by atoms with Crippen LogP contribution in [0.15, 0.2) is 0 Å². The van der Waals surface area contributed by atoms with Crippen molar-refractivity contribution in [3.63, 3.8) is 0 Å². The molecule has 0 spiro atoms. The van der Waals surface area contributed by atoms with Gasteiger partial charge in [-0.05, 0) is 19.3 Å². The van der Waals surface area contributed by atoms with Crippen molar-refractivity contribution < 1.29 is 14.3 Å². The van der Waals surface area contributed by atoms with Crippen LogP contribution in [0.5, 0.6) is 0 Å². The fraction of sp³-hybridized carbons (Fsp3) is 0.778. The third-order valence-corrected chi connectivity index (χ3v) is 2.78. The summed E-state index contributed by atoms with van der Waals surface area (Å²) in [7, 11) is 1.33. The first-order valence-electron chi connectivity index (χ1n) is 4.19. The van der Waals surface area contributed by atoms with Crippen LogP contribution in [0.4, 0.5) is 0 Å². The van der Waals surface area contributed by atoms with Gasteiger partial charge in [-0.3, -0.25) is 9.59 Å². The van der Waals surface area contributed by atoms with Crippen LogP contribution in [0, 0.1) is 11.3 Å². The lowest BCUT2D eigenvalue weighted by Gasteiger charge is -2.09. The minimum atomic E-state index is -0.774. The van der Waals surface area contributed by atoms with Crippen molar-refractivity contribution in [2.45, 2.75) is 26.7 Å². The zero-order chi connectivity index (χ0) is 9.35. The third-order valence-electron chi connectivity index (χ3n) is 2.78. The van der Waals surface area contributed by atoms with Crippen LogP contribution in [-0.4, -0.2) is 18.9 Å². The number of ketones is 1. The monoisotopic (exact) mass is 170 g/mol. The Morgan fingerprint density at radius 2 is 2.17 bits per heavy atom. The van der Waals surface area contributed by atoms with Crippen molar-refractivity contribution in [3.05, 3.63) is 0 Å². The van der Waals surface area contributed by atoms with E-state index in [0.717, 1.165) is 6.42 Å². The summed E-state index contributed by atoms with van der Waals surface area (Å²) in [5, 5.41) is 0. The first-order valence-corrected chi connectivity index (χ1v) is 4.19. The molecule has 2 unspecified atom stereocenters. The smallest absolute Gasteiger partial charge is 0.319 e. The van der Waals surface area contributed by atoms with Crippen LogP contribution in [-0.2, 0) is 14.3 Å². The molecule has 0 radical (unpaired) electrons. The molecule has 0 aromatic rings. The Bertz CT molecular complexity index is 222. The molecule has 0 aromatic carbocycles. The molecule has 3 nitrogen and oxygen atoms in total. The van der Waals surface area contributed by atoms with E-state index in [0.29, 0.717) is 6.42 Å². The summed E-state index contributed by atoms with van der Waals surface area (Å²) in [6.07, 6.45) is 1.54. The van der Waals surface area contributed by atoms with E-state index in [1.54, 1.807) is 0 Å². The summed E-state index contributed by atoms with van der Waals surface area (Å²) >= 11 is 0. The summed E-state index contributed by atoms with van der Waals surface area (Å²) in [6, 6.07) is 0. The molecule has 1 saturated carbocycles. The lowest BCUT2D eigenvalue weighted by atomic mass is 9.98. The van der Waals surface area contributed by atoms with E-state index >= 15 is 0 Å². The van der Waals surface area contributed by atoms with E-state index in [-0.39, 0.29) is 17.7 Å². The maximum absolute atomic E-state index is 11.3. The number of hydrogen-bond donors (Lipinski definition) is 0. The lowest BCUT2D eigenvalue weighted by Crippen LogP contribution is -2.27. The second kappa shape index (κ2) is 2.88. The van der Waals surface area contributed by atoms with Crippen molar-refractivity contribution in [1.29, 1.82) is 0 Å². The molecular formula is C9H14O3. The number of ether oxygens (including phenoxy) is 1. The Kier molecular flexibility index (Phi) is 2.22. The van der Waals surface area contributed by atoms with E-state index in [1.165, 1.54) is 14.0 Å². The molecule has 0 heterocycles. The van der Waals surface area contributed by atoms with Gasteiger partial charge >= 0.3 is 5.97 Å². The number of carbonyl (C=O) groups excluding carboxylic acids is 2. The van der Waals surface area contributed by atoms with Gasteiger partial charge in [0.25, 0.3) is 0 Å². The number of rotatable bonds is 3. The number of methoxy groups -OCH3 is 1. The van der Waals surface area contributed by atoms with E-state index < -0.39 is 5.41 Å². The summed E-state index contributed by atoms with van der Waals surface area (Å²) in [4.78, 5) is 22.5. The minimum Gasteiger partial charge on any atom is -0.468 e. The molecule has 0 N–H and O–H groups in total. The largest absolute Gasteiger partial charge is 0.468 e. The Morgan fingerprint density at radius 1 is 1.58 bits per heavy atom. The van der Waals surface area contributed by atoms with Gasteiger partial charge in [0.2, 0.25) is 0 Å². The molecule has 3 heteroatoms. The van der Waals surface area contributed by atoms with E-state index in [2.05, 4.69) is 4.74 Å². The molecule has 0 amide bonds. The van der Waals surface area contributed by atoms with Gasteiger partial charge in [0.15, 0.2) is 0 Å². The highest BCUT2D eigenvalue weighted by molar-refractivity contribution is 6.06. The standard InChI is InChI=1S/C9H14O3/c1-4-7-5-9(7,6(2)10)8(11)12-3/h7H,4-5H2,1-3H3. The molecule has 0 bridgehead atoms. The molecule has 1 fully saturated rings. The van der Waals surface area contributed by atoms with Crippen LogP contribution < -0.4 is 0 Å². The van der Waals surface area contributed by atoms with Gasteiger partial charge in [-0.25, -0.2) is 0 Å².